The highest BCUT2D eigenvalue weighted by Gasteiger charge is 1.97. The molecule has 0 spiro atoms. The van der Waals surface area contributed by atoms with Crippen molar-refractivity contribution < 1.29 is 9.53 Å². The summed E-state index contributed by atoms with van der Waals surface area (Å²) in [5.41, 5.74) is 6.76. The van der Waals surface area contributed by atoms with Gasteiger partial charge in [-0.3, -0.25) is 4.79 Å². The van der Waals surface area contributed by atoms with Crippen LogP contribution in [0.2, 0.25) is 5.02 Å². The number of carbonyl (C=O) groups is 1. The molecule has 0 aliphatic heterocycles. The van der Waals surface area contributed by atoms with E-state index in [4.69, 9.17) is 17.3 Å². The van der Waals surface area contributed by atoms with Crippen LogP contribution in [0.4, 0.5) is 5.69 Å². The molecule has 0 radical (unpaired) electrons. The highest BCUT2D eigenvalue weighted by Crippen LogP contribution is 2.17. The van der Waals surface area contributed by atoms with E-state index in [1.54, 1.807) is 18.2 Å². The second-order valence-electron chi connectivity index (χ2n) is 2.79. The Morgan fingerprint density at radius 2 is 2.33 bits per heavy atom. The number of nitrogen functional groups attached to an aromatic ring is 1. The van der Waals surface area contributed by atoms with E-state index in [9.17, 15) is 4.79 Å². The number of rotatable bonds is 1. The molecule has 1 rings (SSSR count). The topological polar surface area (TPSA) is 52.3 Å². The first-order chi connectivity index (χ1) is 7.13. The van der Waals surface area contributed by atoms with E-state index in [1.165, 1.54) is 7.11 Å². The molecule has 0 unspecified atom stereocenters. The maximum absolute atomic E-state index is 10.8. The molecule has 2 N–H and O–H groups in total. The van der Waals surface area contributed by atoms with Crippen LogP contribution in [0.5, 0.6) is 0 Å². The van der Waals surface area contributed by atoms with Crippen LogP contribution < -0.4 is 5.73 Å². The van der Waals surface area contributed by atoms with Gasteiger partial charge in [0.15, 0.2) is 0 Å². The molecule has 0 aliphatic rings. The van der Waals surface area contributed by atoms with Gasteiger partial charge in [-0.05, 0) is 18.2 Å². The third-order valence-corrected chi connectivity index (χ3v) is 2.00. The molecule has 4 heteroatoms. The molecule has 0 atom stereocenters. The third kappa shape index (κ3) is 3.53. The van der Waals surface area contributed by atoms with Gasteiger partial charge in [-0.2, -0.15) is 0 Å². The second kappa shape index (κ2) is 5.28. The van der Waals surface area contributed by atoms with Gasteiger partial charge in [0.05, 0.1) is 12.1 Å². The monoisotopic (exact) mass is 223 g/mol. The third-order valence-electron chi connectivity index (χ3n) is 1.67. The first-order valence-corrected chi connectivity index (χ1v) is 4.62. The maximum atomic E-state index is 10.8. The van der Waals surface area contributed by atoms with E-state index in [2.05, 4.69) is 16.6 Å². The van der Waals surface area contributed by atoms with Crippen LogP contribution >= 0.6 is 11.6 Å². The zero-order valence-corrected chi connectivity index (χ0v) is 8.97. The standard InChI is InChI=1S/C11H10ClNO2/c1-15-11(14)4-2-3-8-7-9(13)5-6-10(8)12/h5-7H,4,13H2,1H3. The van der Waals surface area contributed by atoms with Crippen molar-refractivity contribution in [1.29, 1.82) is 0 Å². The Hall–Kier alpha value is -1.66. The fraction of sp³-hybridized carbons (Fsp3) is 0.182. The maximum Gasteiger partial charge on any atom is 0.317 e. The van der Waals surface area contributed by atoms with Gasteiger partial charge in [-0.1, -0.05) is 23.4 Å². The molecule has 15 heavy (non-hydrogen) atoms. The van der Waals surface area contributed by atoms with E-state index < -0.39 is 0 Å². The number of hydrogen-bond donors (Lipinski definition) is 1. The Morgan fingerprint density at radius 1 is 1.60 bits per heavy atom. The van der Waals surface area contributed by atoms with E-state index in [0.29, 0.717) is 16.3 Å². The normalized spacial score (nSPS) is 8.93. The largest absolute Gasteiger partial charge is 0.468 e. The number of nitrogens with two attached hydrogens (primary N) is 1. The Balaban J connectivity index is 2.79. The summed E-state index contributed by atoms with van der Waals surface area (Å²) in [7, 11) is 1.32. The summed E-state index contributed by atoms with van der Waals surface area (Å²) in [4.78, 5) is 10.8. The number of benzene rings is 1. The molecule has 3 nitrogen and oxygen atoms in total. The predicted octanol–water partition coefficient (Wildman–Crippen LogP) is 1.84. The quantitative estimate of drug-likeness (QED) is 0.449. The Labute approximate surface area is 93.2 Å². The van der Waals surface area contributed by atoms with Gasteiger partial charge in [0.25, 0.3) is 0 Å². The van der Waals surface area contributed by atoms with Crippen molar-refractivity contribution in [3.63, 3.8) is 0 Å². The number of hydrogen-bond acceptors (Lipinski definition) is 3. The summed E-state index contributed by atoms with van der Waals surface area (Å²) in [5.74, 6) is 5.04. The number of anilines is 1. The SMILES string of the molecule is COC(=O)CC#Cc1cc(N)ccc1Cl. The van der Waals surface area contributed by atoms with E-state index in [-0.39, 0.29) is 12.4 Å². The first kappa shape index (κ1) is 11.4. The highest BCUT2D eigenvalue weighted by atomic mass is 35.5. The van der Waals surface area contributed by atoms with Gasteiger partial charge in [0.2, 0.25) is 0 Å². The van der Waals surface area contributed by atoms with Crippen molar-refractivity contribution >= 4 is 23.3 Å². The van der Waals surface area contributed by atoms with E-state index in [1.807, 2.05) is 0 Å². The lowest BCUT2D eigenvalue weighted by molar-refractivity contribution is -0.139. The summed E-state index contributed by atoms with van der Waals surface area (Å²) < 4.78 is 4.44. The Morgan fingerprint density at radius 3 is 3.00 bits per heavy atom. The molecule has 0 aromatic heterocycles. The van der Waals surface area contributed by atoms with Crippen LogP contribution in [0.15, 0.2) is 18.2 Å². The molecule has 0 aliphatic carbocycles. The predicted molar refractivity (Wildman–Crippen MR) is 59.4 cm³/mol. The van der Waals surface area contributed by atoms with Crippen molar-refractivity contribution in [3.05, 3.63) is 28.8 Å². The Kier molecular flexibility index (Phi) is 4.02. The van der Waals surface area contributed by atoms with Crippen LogP contribution in [0, 0.1) is 11.8 Å². The molecular formula is C11H10ClNO2. The van der Waals surface area contributed by atoms with Crippen molar-refractivity contribution in [2.75, 3.05) is 12.8 Å². The number of methoxy groups -OCH3 is 1. The Bertz CT molecular complexity index is 432. The van der Waals surface area contributed by atoms with Crippen LogP contribution in [-0.2, 0) is 9.53 Å². The van der Waals surface area contributed by atoms with Gasteiger partial charge in [0.1, 0.15) is 6.42 Å². The molecule has 0 fully saturated rings. The summed E-state index contributed by atoms with van der Waals surface area (Å²) >= 11 is 5.87. The van der Waals surface area contributed by atoms with Crippen molar-refractivity contribution in [3.8, 4) is 11.8 Å². The lowest BCUT2D eigenvalue weighted by Gasteiger charge is -1.97. The smallest absolute Gasteiger partial charge is 0.317 e. The average molecular weight is 224 g/mol. The zero-order chi connectivity index (χ0) is 11.3. The van der Waals surface area contributed by atoms with Gasteiger partial charge in [0, 0.05) is 11.3 Å². The molecule has 0 saturated heterocycles. The summed E-state index contributed by atoms with van der Waals surface area (Å²) in [6.45, 7) is 0. The van der Waals surface area contributed by atoms with E-state index in [0.717, 1.165) is 0 Å². The lowest BCUT2D eigenvalue weighted by atomic mass is 10.2. The van der Waals surface area contributed by atoms with Crippen molar-refractivity contribution in [2.24, 2.45) is 0 Å². The minimum Gasteiger partial charge on any atom is -0.468 e. The average Bonchev–Trinajstić information content (AvgIpc) is 2.23. The van der Waals surface area contributed by atoms with Gasteiger partial charge < -0.3 is 10.5 Å². The zero-order valence-electron chi connectivity index (χ0n) is 8.21. The van der Waals surface area contributed by atoms with Crippen LogP contribution in [-0.4, -0.2) is 13.1 Å². The highest BCUT2D eigenvalue weighted by molar-refractivity contribution is 6.31. The molecule has 78 valence electrons. The molecule has 0 heterocycles. The van der Waals surface area contributed by atoms with Crippen LogP contribution in [0.25, 0.3) is 0 Å². The molecule has 0 bridgehead atoms. The molecule has 0 amide bonds. The molecule has 1 aromatic rings. The van der Waals surface area contributed by atoms with E-state index >= 15 is 0 Å². The number of ether oxygens (including phenoxy) is 1. The molecule has 1 aromatic carbocycles. The molecular weight excluding hydrogens is 214 g/mol. The number of halogens is 1. The van der Waals surface area contributed by atoms with Crippen LogP contribution in [0.1, 0.15) is 12.0 Å². The van der Waals surface area contributed by atoms with Crippen molar-refractivity contribution in [2.45, 2.75) is 6.42 Å². The first-order valence-electron chi connectivity index (χ1n) is 4.24. The van der Waals surface area contributed by atoms with Gasteiger partial charge >= 0.3 is 5.97 Å². The minimum atomic E-state index is -0.373. The fourth-order valence-electron chi connectivity index (χ4n) is 0.922. The number of carbonyl (C=O) groups excluding carboxylic acids is 1. The summed E-state index contributed by atoms with van der Waals surface area (Å²) in [5, 5.41) is 0.515. The minimum absolute atomic E-state index is 0.0433. The van der Waals surface area contributed by atoms with Gasteiger partial charge in [-0.15, -0.1) is 0 Å². The molecule has 0 saturated carbocycles. The number of esters is 1. The fourth-order valence-corrected chi connectivity index (χ4v) is 1.09. The lowest BCUT2D eigenvalue weighted by Crippen LogP contribution is -1.97. The van der Waals surface area contributed by atoms with Gasteiger partial charge in [-0.25, -0.2) is 0 Å². The second-order valence-corrected chi connectivity index (χ2v) is 3.20. The summed E-state index contributed by atoms with van der Waals surface area (Å²) in [6.07, 6.45) is 0.0433. The van der Waals surface area contributed by atoms with Crippen molar-refractivity contribution in [1.82, 2.24) is 0 Å². The summed E-state index contributed by atoms with van der Waals surface area (Å²) in [6, 6.07) is 5.01. The van der Waals surface area contributed by atoms with Crippen LogP contribution in [0.3, 0.4) is 0 Å².